The molecule has 1 aliphatic rings. The van der Waals surface area contributed by atoms with Crippen LogP contribution in [0.25, 0.3) is 11.4 Å². The topological polar surface area (TPSA) is 141 Å². The molecule has 32 heavy (non-hydrogen) atoms. The minimum absolute atomic E-state index is 0.0323. The fraction of sp³-hybridized carbons (Fsp3) is 0.263. The molecular formula is C19H18FN5O6S. The van der Waals surface area contributed by atoms with Crippen molar-refractivity contribution in [3.05, 3.63) is 64.3 Å². The highest BCUT2D eigenvalue weighted by atomic mass is 32.2. The molecule has 11 nitrogen and oxygen atoms in total. The summed E-state index contributed by atoms with van der Waals surface area (Å²) in [5, 5.41) is 17.7. The van der Waals surface area contributed by atoms with Crippen LogP contribution in [0, 0.1) is 15.9 Å². The molecule has 4 rings (SSSR count). The zero-order valence-corrected chi connectivity index (χ0v) is 17.4. The normalized spacial score (nSPS) is 14.9. The van der Waals surface area contributed by atoms with Gasteiger partial charge in [-0.1, -0.05) is 17.3 Å². The van der Waals surface area contributed by atoms with E-state index in [0.717, 1.165) is 6.07 Å². The van der Waals surface area contributed by atoms with Gasteiger partial charge >= 0.3 is 0 Å². The number of halogens is 1. The Labute approximate surface area is 182 Å². The van der Waals surface area contributed by atoms with E-state index in [1.165, 1.54) is 34.6 Å². The van der Waals surface area contributed by atoms with Crippen molar-refractivity contribution in [2.45, 2.75) is 11.4 Å². The summed E-state index contributed by atoms with van der Waals surface area (Å²) < 4.78 is 51.4. The minimum Gasteiger partial charge on any atom is -0.379 e. The van der Waals surface area contributed by atoms with Gasteiger partial charge in [0.1, 0.15) is 10.7 Å². The highest BCUT2D eigenvalue weighted by molar-refractivity contribution is 7.89. The molecule has 2 heterocycles. The number of sulfonamides is 1. The number of hydrogen-bond acceptors (Lipinski definition) is 9. The maximum absolute atomic E-state index is 14.3. The van der Waals surface area contributed by atoms with E-state index in [4.69, 9.17) is 9.26 Å². The summed E-state index contributed by atoms with van der Waals surface area (Å²) in [6.07, 6.45) is 0. The molecule has 0 amide bonds. The van der Waals surface area contributed by atoms with Crippen LogP contribution >= 0.6 is 0 Å². The van der Waals surface area contributed by atoms with Gasteiger partial charge in [-0.25, -0.2) is 12.8 Å². The highest BCUT2D eigenvalue weighted by Gasteiger charge is 2.29. The van der Waals surface area contributed by atoms with Crippen LogP contribution in [0.4, 0.5) is 15.8 Å². The molecule has 13 heteroatoms. The Kier molecular flexibility index (Phi) is 6.12. The summed E-state index contributed by atoms with van der Waals surface area (Å²) in [4.78, 5) is 14.1. The molecule has 3 aromatic rings. The van der Waals surface area contributed by atoms with Gasteiger partial charge in [0.15, 0.2) is 0 Å². The lowest BCUT2D eigenvalue weighted by atomic mass is 10.2. The second-order valence-corrected chi connectivity index (χ2v) is 8.74. The summed E-state index contributed by atoms with van der Waals surface area (Å²) in [6, 6.07) is 9.46. The van der Waals surface area contributed by atoms with Crippen molar-refractivity contribution in [2.24, 2.45) is 0 Å². The van der Waals surface area contributed by atoms with Crippen molar-refractivity contribution >= 4 is 21.4 Å². The number of ether oxygens (including phenoxy) is 1. The van der Waals surface area contributed by atoms with Crippen LogP contribution in [-0.4, -0.2) is 54.1 Å². The van der Waals surface area contributed by atoms with Crippen molar-refractivity contribution < 1.29 is 27.0 Å². The maximum Gasteiger partial charge on any atom is 0.270 e. The van der Waals surface area contributed by atoms with Crippen molar-refractivity contribution in [1.29, 1.82) is 0 Å². The second-order valence-electron chi connectivity index (χ2n) is 6.83. The van der Waals surface area contributed by atoms with E-state index in [0.29, 0.717) is 11.3 Å². The van der Waals surface area contributed by atoms with Crippen LogP contribution in [0.2, 0.25) is 0 Å². The second kappa shape index (κ2) is 8.98. The molecule has 168 valence electrons. The smallest absolute Gasteiger partial charge is 0.270 e. The lowest BCUT2D eigenvalue weighted by molar-refractivity contribution is -0.384. The Balaban J connectivity index is 1.49. The number of aromatic nitrogens is 2. The van der Waals surface area contributed by atoms with Crippen molar-refractivity contribution in [2.75, 3.05) is 31.6 Å². The molecule has 2 aromatic carbocycles. The molecule has 0 spiro atoms. The molecule has 1 N–H and O–H groups in total. The average Bonchev–Trinajstić information content (AvgIpc) is 3.28. The fourth-order valence-corrected chi connectivity index (χ4v) is 4.62. The van der Waals surface area contributed by atoms with E-state index in [-0.39, 0.29) is 50.3 Å². The van der Waals surface area contributed by atoms with E-state index in [9.17, 15) is 22.9 Å². The highest BCUT2D eigenvalue weighted by Crippen LogP contribution is 2.25. The molecule has 1 saturated heterocycles. The summed E-state index contributed by atoms with van der Waals surface area (Å²) in [5.41, 5.74) is 0.649. The summed E-state index contributed by atoms with van der Waals surface area (Å²) in [6.45, 7) is 0.847. The van der Waals surface area contributed by atoms with Crippen LogP contribution in [0.5, 0.6) is 0 Å². The molecule has 1 aromatic heterocycles. The molecule has 0 atom stereocenters. The quantitative estimate of drug-likeness (QED) is 0.413. The van der Waals surface area contributed by atoms with Gasteiger partial charge in [0.2, 0.25) is 21.7 Å². The van der Waals surface area contributed by atoms with Crippen LogP contribution in [-0.2, 0) is 21.3 Å². The molecule has 0 unspecified atom stereocenters. The first-order valence-electron chi connectivity index (χ1n) is 9.53. The van der Waals surface area contributed by atoms with Crippen molar-refractivity contribution in [3.8, 4) is 11.4 Å². The third-order valence-electron chi connectivity index (χ3n) is 4.75. The van der Waals surface area contributed by atoms with Gasteiger partial charge < -0.3 is 14.6 Å². The first-order valence-corrected chi connectivity index (χ1v) is 11.0. The Bertz CT molecular complexity index is 1240. The van der Waals surface area contributed by atoms with Crippen LogP contribution in [0.1, 0.15) is 5.89 Å². The maximum atomic E-state index is 14.3. The number of nitrogens with zero attached hydrogens (tertiary/aromatic N) is 4. The largest absolute Gasteiger partial charge is 0.379 e. The Morgan fingerprint density at radius 2 is 1.97 bits per heavy atom. The lowest BCUT2D eigenvalue weighted by Crippen LogP contribution is -2.40. The van der Waals surface area contributed by atoms with Crippen molar-refractivity contribution in [3.63, 3.8) is 0 Å². The number of non-ortho nitro benzene ring substituents is 1. The summed E-state index contributed by atoms with van der Waals surface area (Å²) in [5.74, 6) is -0.526. The monoisotopic (exact) mass is 463 g/mol. The number of rotatable bonds is 7. The number of nitro groups is 1. The van der Waals surface area contributed by atoms with Gasteiger partial charge in [0.05, 0.1) is 24.7 Å². The predicted octanol–water partition coefficient (Wildman–Crippen LogP) is 2.42. The molecule has 0 aliphatic carbocycles. The molecule has 0 radical (unpaired) electrons. The van der Waals surface area contributed by atoms with Gasteiger partial charge in [0.25, 0.3) is 5.69 Å². The van der Waals surface area contributed by atoms with Gasteiger partial charge in [-0.15, -0.1) is 0 Å². The Morgan fingerprint density at radius 3 is 2.72 bits per heavy atom. The van der Waals surface area contributed by atoms with E-state index >= 15 is 0 Å². The fourth-order valence-electron chi connectivity index (χ4n) is 3.12. The average molecular weight is 463 g/mol. The predicted molar refractivity (Wildman–Crippen MR) is 110 cm³/mol. The van der Waals surface area contributed by atoms with Gasteiger partial charge in [-0.05, 0) is 18.2 Å². The Hall–Kier alpha value is -3.42. The minimum atomic E-state index is -4.01. The van der Waals surface area contributed by atoms with E-state index in [2.05, 4.69) is 15.5 Å². The molecule has 1 fully saturated rings. The molecule has 0 saturated carbocycles. The number of nitrogens with one attached hydrogen (secondary N) is 1. The first kappa shape index (κ1) is 21.8. The molecule has 0 bridgehead atoms. The summed E-state index contributed by atoms with van der Waals surface area (Å²) in [7, 11) is -4.01. The van der Waals surface area contributed by atoms with Gasteiger partial charge in [-0.2, -0.15) is 9.29 Å². The van der Waals surface area contributed by atoms with E-state index in [1.807, 2.05) is 0 Å². The van der Waals surface area contributed by atoms with E-state index in [1.54, 1.807) is 6.07 Å². The zero-order chi connectivity index (χ0) is 22.7. The number of hydrogen-bond donors (Lipinski definition) is 1. The van der Waals surface area contributed by atoms with Crippen LogP contribution < -0.4 is 5.32 Å². The number of anilines is 1. The number of nitro benzene ring substituents is 1. The number of benzene rings is 2. The summed E-state index contributed by atoms with van der Waals surface area (Å²) >= 11 is 0. The first-order chi connectivity index (χ1) is 15.3. The van der Waals surface area contributed by atoms with Crippen molar-refractivity contribution in [1.82, 2.24) is 14.4 Å². The lowest BCUT2D eigenvalue weighted by Gasteiger charge is -2.26. The zero-order valence-electron chi connectivity index (χ0n) is 16.6. The Morgan fingerprint density at radius 1 is 1.19 bits per heavy atom. The van der Waals surface area contributed by atoms with Crippen LogP contribution in [0.3, 0.4) is 0 Å². The SMILES string of the molecule is O=[N+]([O-])c1cccc(-c2noc(CNc3ccc(F)c(S(=O)(=O)N4CCOCC4)c3)n2)c1. The number of morpholine rings is 1. The molecule has 1 aliphatic heterocycles. The standard InChI is InChI=1S/C19H18FN5O6S/c20-16-5-4-14(11-17(16)32(28,29)24-6-8-30-9-7-24)21-12-18-22-19(23-31-18)13-2-1-3-15(10-13)25(26)27/h1-5,10-11,21H,6-9,12H2. The van der Waals surface area contributed by atoms with Crippen LogP contribution in [0.15, 0.2) is 51.9 Å². The van der Waals surface area contributed by atoms with Gasteiger partial charge in [0, 0.05) is 36.5 Å². The third-order valence-corrected chi connectivity index (χ3v) is 6.66. The molecular weight excluding hydrogens is 445 g/mol. The third kappa shape index (κ3) is 4.59. The van der Waals surface area contributed by atoms with E-state index < -0.39 is 25.7 Å². The van der Waals surface area contributed by atoms with Gasteiger partial charge in [-0.3, -0.25) is 10.1 Å².